The van der Waals surface area contributed by atoms with Crippen LogP contribution >= 0.6 is 11.3 Å². The van der Waals surface area contributed by atoms with Gasteiger partial charge in [-0.25, -0.2) is 4.98 Å². The second kappa shape index (κ2) is 8.97. The van der Waals surface area contributed by atoms with Crippen LogP contribution in [-0.2, 0) is 19.1 Å². The number of carbonyl (C=O) groups excluding carboxylic acids is 3. The number of anilines is 2. The first-order valence-electron chi connectivity index (χ1n) is 9.50. The van der Waals surface area contributed by atoms with E-state index in [1.54, 1.807) is 47.7 Å². The zero-order valence-electron chi connectivity index (χ0n) is 16.7. The van der Waals surface area contributed by atoms with Crippen molar-refractivity contribution in [2.75, 3.05) is 30.0 Å². The highest BCUT2D eigenvalue weighted by Gasteiger charge is 2.27. The number of nitrogens with zero attached hydrogens (tertiary/aromatic N) is 2. The number of hydrogen-bond donors (Lipinski definition) is 1. The molecule has 9 heteroatoms. The fraction of sp³-hybridized carbons (Fsp3) is 0.182. The molecule has 1 aliphatic heterocycles. The molecule has 1 aliphatic rings. The van der Waals surface area contributed by atoms with Crippen molar-refractivity contribution < 1.29 is 23.9 Å². The zero-order valence-corrected chi connectivity index (χ0v) is 17.5. The van der Waals surface area contributed by atoms with Crippen LogP contribution in [0.3, 0.4) is 0 Å². The third-order valence-corrected chi connectivity index (χ3v) is 5.29. The third kappa shape index (κ3) is 4.89. The number of esters is 1. The molecule has 2 amide bonds. The summed E-state index contributed by atoms with van der Waals surface area (Å²) in [6.45, 7) is 1.01. The smallest absolute Gasteiger partial charge is 0.326 e. The molecule has 0 saturated carbocycles. The van der Waals surface area contributed by atoms with Gasteiger partial charge in [0.2, 0.25) is 0 Å². The molecule has 31 heavy (non-hydrogen) atoms. The van der Waals surface area contributed by atoms with Gasteiger partial charge in [0.1, 0.15) is 12.3 Å². The molecule has 0 spiro atoms. The maximum atomic E-state index is 12.2. The summed E-state index contributed by atoms with van der Waals surface area (Å²) in [4.78, 5) is 42.3. The Labute approximate surface area is 182 Å². The Hall–Kier alpha value is -3.72. The minimum atomic E-state index is -0.688. The lowest BCUT2D eigenvalue weighted by molar-refractivity contribution is -0.146. The average Bonchev–Trinajstić information content (AvgIpc) is 3.21. The fourth-order valence-electron chi connectivity index (χ4n) is 3.10. The summed E-state index contributed by atoms with van der Waals surface area (Å²) in [7, 11) is 0. The third-order valence-electron chi connectivity index (χ3n) is 4.52. The van der Waals surface area contributed by atoms with Crippen LogP contribution in [0.4, 0.5) is 11.4 Å². The number of para-hydroxylation sites is 2. The van der Waals surface area contributed by atoms with Crippen LogP contribution in [0.15, 0.2) is 53.9 Å². The van der Waals surface area contributed by atoms with Gasteiger partial charge in [-0.05, 0) is 31.2 Å². The summed E-state index contributed by atoms with van der Waals surface area (Å²) < 4.78 is 10.4. The summed E-state index contributed by atoms with van der Waals surface area (Å²) in [6.07, 6.45) is 0. The number of rotatable bonds is 6. The first kappa shape index (κ1) is 20.5. The molecule has 4 rings (SSSR count). The van der Waals surface area contributed by atoms with E-state index in [1.807, 2.05) is 24.4 Å². The van der Waals surface area contributed by atoms with Gasteiger partial charge >= 0.3 is 5.97 Å². The van der Waals surface area contributed by atoms with Crippen LogP contribution in [0.1, 0.15) is 5.01 Å². The summed E-state index contributed by atoms with van der Waals surface area (Å²) in [5.74, 6) is -1.00. The van der Waals surface area contributed by atoms with Gasteiger partial charge in [0, 0.05) is 16.6 Å². The van der Waals surface area contributed by atoms with Gasteiger partial charge in [0.25, 0.3) is 11.8 Å². The topological polar surface area (TPSA) is 97.8 Å². The second-order valence-corrected chi connectivity index (χ2v) is 7.84. The SMILES string of the molecule is Cc1nc(-c2cccc(NC(=O)COC(=O)CN3C(=O)COc4ccccc43)c2)cs1. The Morgan fingerprint density at radius 3 is 2.87 bits per heavy atom. The second-order valence-electron chi connectivity index (χ2n) is 6.78. The minimum Gasteiger partial charge on any atom is -0.482 e. The number of aryl methyl sites for hydroxylation is 1. The van der Waals surface area contributed by atoms with E-state index in [0.29, 0.717) is 17.1 Å². The minimum absolute atomic E-state index is 0.153. The van der Waals surface area contributed by atoms with Crippen LogP contribution in [0, 0.1) is 6.92 Å². The van der Waals surface area contributed by atoms with E-state index in [0.717, 1.165) is 16.3 Å². The van der Waals surface area contributed by atoms with Gasteiger partial charge in [-0.2, -0.15) is 0 Å². The normalized spacial score (nSPS) is 12.7. The molecule has 0 aliphatic carbocycles. The van der Waals surface area contributed by atoms with E-state index in [1.165, 1.54) is 4.90 Å². The van der Waals surface area contributed by atoms with E-state index in [-0.39, 0.29) is 19.1 Å². The molecule has 158 valence electrons. The summed E-state index contributed by atoms with van der Waals surface area (Å²) in [5.41, 5.74) is 2.78. The average molecular weight is 437 g/mol. The van der Waals surface area contributed by atoms with Crippen LogP contribution in [0.5, 0.6) is 5.75 Å². The van der Waals surface area contributed by atoms with Gasteiger partial charge in [0.05, 0.1) is 16.4 Å². The number of fused-ring (bicyclic) bond motifs is 1. The maximum absolute atomic E-state index is 12.2. The lowest BCUT2D eigenvalue weighted by Gasteiger charge is -2.28. The molecular weight excluding hydrogens is 418 g/mol. The van der Waals surface area contributed by atoms with E-state index in [4.69, 9.17) is 9.47 Å². The lowest BCUT2D eigenvalue weighted by Crippen LogP contribution is -2.42. The van der Waals surface area contributed by atoms with Crippen molar-refractivity contribution in [2.45, 2.75) is 6.92 Å². The molecule has 3 aromatic rings. The molecule has 0 atom stereocenters. The molecule has 2 aromatic carbocycles. The number of hydrogen-bond acceptors (Lipinski definition) is 7. The molecule has 0 unspecified atom stereocenters. The Kier molecular flexibility index (Phi) is 5.94. The molecule has 8 nitrogen and oxygen atoms in total. The number of amides is 2. The Morgan fingerprint density at radius 2 is 2.06 bits per heavy atom. The monoisotopic (exact) mass is 437 g/mol. The number of ether oxygens (including phenoxy) is 2. The van der Waals surface area contributed by atoms with Crippen LogP contribution in [0.2, 0.25) is 0 Å². The zero-order chi connectivity index (χ0) is 21.8. The molecular formula is C22H19N3O5S. The lowest BCUT2D eigenvalue weighted by atomic mass is 10.1. The maximum Gasteiger partial charge on any atom is 0.326 e. The number of benzene rings is 2. The highest BCUT2D eigenvalue weighted by Crippen LogP contribution is 2.31. The van der Waals surface area contributed by atoms with Crippen molar-refractivity contribution in [3.8, 4) is 17.0 Å². The molecule has 2 heterocycles. The van der Waals surface area contributed by atoms with Gasteiger partial charge in [-0.3, -0.25) is 19.3 Å². The summed E-state index contributed by atoms with van der Waals surface area (Å²) >= 11 is 1.55. The largest absolute Gasteiger partial charge is 0.482 e. The van der Waals surface area contributed by atoms with Gasteiger partial charge in [0.15, 0.2) is 13.2 Å². The Morgan fingerprint density at radius 1 is 1.23 bits per heavy atom. The molecule has 1 N–H and O–H groups in total. The molecule has 0 radical (unpaired) electrons. The quantitative estimate of drug-likeness (QED) is 0.596. The van der Waals surface area contributed by atoms with E-state index in [9.17, 15) is 14.4 Å². The van der Waals surface area contributed by atoms with Gasteiger partial charge in [-0.15, -0.1) is 11.3 Å². The van der Waals surface area contributed by atoms with Crippen molar-refractivity contribution in [1.82, 2.24) is 4.98 Å². The van der Waals surface area contributed by atoms with E-state index < -0.39 is 18.5 Å². The predicted molar refractivity (Wildman–Crippen MR) is 116 cm³/mol. The number of carbonyl (C=O) groups is 3. The van der Waals surface area contributed by atoms with Crippen LogP contribution in [-0.4, -0.2) is 42.5 Å². The van der Waals surface area contributed by atoms with Crippen molar-refractivity contribution >= 4 is 40.5 Å². The number of aromatic nitrogens is 1. The Bertz CT molecular complexity index is 1140. The summed E-state index contributed by atoms with van der Waals surface area (Å²) in [6, 6.07) is 14.2. The molecule has 1 aromatic heterocycles. The van der Waals surface area contributed by atoms with Crippen molar-refractivity contribution in [2.24, 2.45) is 0 Å². The van der Waals surface area contributed by atoms with E-state index >= 15 is 0 Å². The first-order chi connectivity index (χ1) is 15.0. The van der Waals surface area contributed by atoms with Crippen LogP contribution in [0.25, 0.3) is 11.3 Å². The van der Waals surface area contributed by atoms with Crippen molar-refractivity contribution in [3.05, 3.63) is 58.9 Å². The fourth-order valence-corrected chi connectivity index (χ4v) is 3.72. The van der Waals surface area contributed by atoms with Crippen molar-refractivity contribution in [1.29, 1.82) is 0 Å². The van der Waals surface area contributed by atoms with Crippen molar-refractivity contribution in [3.63, 3.8) is 0 Å². The van der Waals surface area contributed by atoms with Gasteiger partial charge in [-0.1, -0.05) is 24.3 Å². The van der Waals surface area contributed by atoms with E-state index in [2.05, 4.69) is 10.3 Å². The molecule has 0 bridgehead atoms. The molecule has 0 fully saturated rings. The standard InChI is InChI=1S/C22H19N3O5S/c1-14-23-17(13-31-14)15-5-4-6-16(9-15)24-20(26)11-30-22(28)10-25-18-7-2-3-8-19(18)29-12-21(25)27/h2-9,13H,10-12H2,1H3,(H,24,26). The Balaban J connectivity index is 1.32. The highest BCUT2D eigenvalue weighted by molar-refractivity contribution is 7.09. The molecule has 0 saturated heterocycles. The summed E-state index contributed by atoms with van der Waals surface area (Å²) in [5, 5.41) is 5.60. The van der Waals surface area contributed by atoms with Gasteiger partial charge < -0.3 is 14.8 Å². The predicted octanol–water partition coefficient (Wildman–Crippen LogP) is 3.03. The highest BCUT2D eigenvalue weighted by atomic mass is 32.1. The first-order valence-corrected chi connectivity index (χ1v) is 10.4. The number of thiazole rings is 1. The number of nitrogens with one attached hydrogen (secondary N) is 1. The van der Waals surface area contributed by atoms with Crippen LogP contribution < -0.4 is 15.0 Å².